The number of hydrogen-bond donors (Lipinski definition) is 3. The van der Waals surface area contributed by atoms with Gasteiger partial charge in [0.2, 0.25) is 0 Å². The van der Waals surface area contributed by atoms with Gasteiger partial charge in [-0.2, -0.15) is 0 Å². The van der Waals surface area contributed by atoms with Gasteiger partial charge in [-0.1, -0.05) is 0 Å². The molecular weight excluding hydrogens is 240 g/mol. The molecule has 3 N–H and O–H groups in total. The Morgan fingerprint density at radius 2 is 2.11 bits per heavy atom. The third kappa shape index (κ3) is 4.52. The fourth-order valence-electron chi connectivity index (χ4n) is 1.14. The molecule has 0 aliphatic heterocycles. The molecule has 0 fully saturated rings. The van der Waals surface area contributed by atoms with Crippen molar-refractivity contribution >= 4 is 17.9 Å². The van der Waals surface area contributed by atoms with E-state index in [4.69, 9.17) is 9.52 Å². The van der Waals surface area contributed by atoms with Crippen LogP contribution in [-0.2, 0) is 9.59 Å². The predicted molar refractivity (Wildman–Crippen MR) is 60.6 cm³/mol. The van der Waals surface area contributed by atoms with E-state index >= 15 is 0 Å². The van der Waals surface area contributed by atoms with Crippen LogP contribution in [0.3, 0.4) is 0 Å². The first-order valence-corrected chi connectivity index (χ1v) is 5.05. The number of furan rings is 1. The van der Waals surface area contributed by atoms with Crippen LogP contribution in [0.1, 0.15) is 18.7 Å². The van der Waals surface area contributed by atoms with E-state index in [2.05, 4.69) is 5.32 Å². The average Bonchev–Trinajstić information content (AvgIpc) is 2.79. The Hall–Kier alpha value is -2.57. The number of nitrogens with one attached hydrogen (secondary N) is 2. The normalized spacial score (nSPS) is 12.1. The van der Waals surface area contributed by atoms with Crippen molar-refractivity contribution in [3.05, 3.63) is 36.3 Å². The number of carboxylic acids is 1. The van der Waals surface area contributed by atoms with Crippen LogP contribution in [0.5, 0.6) is 0 Å². The molecule has 0 aliphatic rings. The number of imide groups is 1. The molecule has 96 valence electrons. The maximum atomic E-state index is 11.3. The third-order valence-corrected chi connectivity index (χ3v) is 1.93. The summed E-state index contributed by atoms with van der Waals surface area (Å²) in [5, 5.41) is 12.7. The van der Waals surface area contributed by atoms with Crippen molar-refractivity contribution < 1.29 is 23.9 Å². The summed E-state index contributed by atoms with van der Waals surface area (Å²) in [6.07, 6.45) is 2.85. The highest BCUT2D eigenvalue weighted by Crippen LogP contribution is 2.11. The molecule has 1 atom stereocenters. The van der Waals surface area contributed by atoms with Crippen molar-refractivity contribution in [2.75, 3.05) is 0 Å². The number of amides is 3. The average molecular weight is 252 g/mol. The molecule has 0 radical (unpaired) electrons. The first-order chi connectivity index (χ1) is 8.49. The Kier molecular flexibility index (Phi) is 4.67. The first-order valence-electron chi connectivity index (χ1n) is 5.05. The highest BCUT2D eigenvalue weighted by molar-refractivity contribution is 6.02. The number of rotatable bonds is 4. The molecule has 3 amide bonds. The van der Waals surface area contributed by atoms with Crippen LogP contribution in [0.4, 0.5) is 4.79 Å². The molecule has 1 heterocycles. The van der Waals surface area contributed by atoms with Gasteiger partial charge in [0.25, 0.3) is 5.91 Å². The predicted octanol–water partition coefficient (Wildman–Crippen LogP) is 0.807. The molecule has 0 spiro atoms. The summed E-state index contributed by atoms with van der Waals surface area (Å²) in [4.78, 5) is 32.6. The highest BCUT2D eigenvalue weighted by Gasteiger charge is 2.12. The van der Waals surface area contributed by atoms with E-state index in [-0.39, 0.29) is 0 Å². The fourth-order valence-corrected chi connectivity index (χ4v) is 1.14. The molecule has 1 rings (SSSR count). The van der Waals surface area contributed by atoms with Crippen molar-refractivity contribution in [1.29, 1.82) is 0 Å². The summed E-state index contributed by atoms with van der Waals surface area (Å²) in [6, 6.07) is 2.21. The molecule has 7 heteroatoms. The number of carboxylic acid groups (broad SMARTS) is 1. The van der Waals surface area contributed by atoms with E-state index in [9.17, 15) is 14.4 Å². The maximum absolute atomic E-state index is 11.3. The molecule has 0 saturated carbocycles. The van der Waals surface area contributed by atoms with Crippen molar-refractivity contribution in [2.45, 2.75) is 13.0 Å². The molecule has 0 aliphatic carbocycles. The highest BCUT2D eigenvalue weighted by atomic mass is 16.4. The molecule has 1 aromatic rings. The van der Waals surface area contributed by atoms with E-state index < -0.39 is 23.9 Å². The lowest BCUT2D eigenvalue weighted by Gasteiger charge is -2.10. The smallest absolute Gasteiger partial charge is 0.328 e. The van der Waals surface area contributed by atoms with Crippen LogP contribution >= 0.6 is 0 Å². The Bertz CT molecular complexity index is 464. The SMILES string of the molecule is CC(NC(=O)NC(=O)/C=C/C(=O)O)c1ccco1. The lowest BCUT2D eigenvalue weighted by atomic mass is 10.2. The zero-order chi connectivity index (χ0) is 13.5. The minimum absolute atomic E-state index is 0.406. The van der Waals surface area contributed by atoms with E-state index in [1.807, 2.05) is 5.32 Å². The van der Waals surface area contributed by atoms with Gasteiger partial charge < -0.3 is 14.8 Å². The third-order valence-electron chi connectivity index (χ3n) is 1.93. The Balaban J connectivity index is 2.42. The number of aliphatic carboxylic acids is 1. The van der Waals surface area contributed by atoms with Gasteiger partial charge >= 0.3 is 12.0 Å². The van der Waals surface area contributed by atoms with E-state index in [0.717, 1.165) is 6.08 Å². The van der Waals surface area contributed by atoms with E-state index in [0.29, 0.717) is 11.8 Å². The van der Waals surface area contributed by atoms with Gasteiger partial charge in [0.1, 0.15) is 5.76 Å². The van der Waals surface area contributed by atoms with Crippen LogP contribution < -0.4 is 10.6 Å². The fraction of sp³-hybridized carbons (Fsp3) is 0.182. The van der Waals surface area contributed by atoms with Crippen LogP contribution in [-0.4, -0.2) is 23.0 Å². The van der Waals surface area contributed by atoms with Gasteiger partial charge in [0.15, 0.2) is 0 Å². The molecule has 1 aromatic heterocycles. The largest absolute Gasteiger partial charge is 0.478 e. The first kappa shape index (κ1) is 13.5. The number of carbonyl (C=O) groups is 3. The molecule has 0 saturated heterocycles. The second kappa shape index (κ2) is 6.24. The Morgan fingerprint density at radius 3 is 2.67 bits per heavy atom. The van der Waals surface area contributed by atoms with Crippen molar-refractivity contribution in [2.24, 2.45) is 0 Å². The summed E-state index contributed by atoms with van der Waals surface area (Å²) in [5.41, 5.74) is 0. The Labute approximate surface area is 102 Å². The monoisotopic (exact) mass is 252 g/mol. The summed E-state index contributed by atoms with van der Waals surface area (Å²) in [6.45, 7) is 1.68. The summed E-state index contributed by atoms with van der Waals surface area (Å²) in [5.74, 6) is -1.55. The van der Waals surface area contributed by atoms with Crippen LogP contribution in [0.25, 0.3) is 0 Å². The number of hydrogen-bond acceptors (Lipinski definition) is 4. The molecule has 0 aromatic carbocycles. The summed E-state index contributed by atoms with van der Waals surface area (Å²) < 4.78 is 5.06. The number of urea groups is 1. The topological polar surface area (TPSA) is 109 Å². The number of carbonyl (C=O) groups excluding carboxylic acids is 2. The minimum atomic E-state index is -1.27. The van der Waals surface area contributed by atoms with E-state index in [1.54, 1.807) is 19.1 Å². The van der Waals surface area contributed by atoms with Gasteiger partial charge in [0, 0.05) is 12.2 Å². The van der Waals surface area contributed by atoms with Gasteiger partial charge in [-0.25, -0.2) is 9.59 Å². The molecule has 18 heavy (non-hydrogen) atoms. The lowest BCUT2D eigenvalue weighted by Crippen LogP contribution is -2.39. The Morgan fingerprint density at radius 1 is 1.39 bits per heavy atom. The van der Waals surface area contributed by atoms with E-state index in [1.165, 1.54) is 6.26 Å². The molecular formula is C11H12N2O5. The zero-order valence-electron chi connectivity index (χ0n) is 9.54. The van der Waals surface area contributed by atoms with Crippen LogP contribution in [0, 0.1) is 0 Å². The van der Waals surface area contributed by atoms with Crippen LogP contribution in [0.15, 0.2) is 35.0 Å². The van der Waals surface area contributed by atoms with Gasteiger partial charge in [-0.3, -0.25) is 10.1 Å². The zero-order valence-corrected chi connectivity index (χ0v) is 9.54. The second-order valence-electron chi connectivity index (χ2n) is 3.37. The van der Waals surface area contributed by atoms with Crippen LogP contribution in [0.2, 0.25) is 0 Å². The minimum Gasteiger partial charge on any atom is -0.478 e. The quantitative estimate of drug-likeness (QED) is 0.687. The van der Waals surface area contributed by atoms with Crippen molar-refractivity contribution in [3.63, 3.8) is 0 Å². The molecule has 0 bridgehead atoms. The molecule has 7 nitrogen and oxygen atoms in total. The van der Waals surface area contributed by atoms with Gasteiger partial charge in [-0.05, 0) is 19.1 Å². The standard InChI is InChI=1S/C11H12N2O5/c1-7(8-3-2-6-18-8)12-11(17)13-9(14)4-5-10(15)16/h2-7H,1H3,(H,15,16)(H2,12,13,14,17)/b5-4+. The maximum Gasteiger partial charge on any atom is 0.328 e. The summed E-state index contributed by atoms with van der Waals surface area (Å²) >= 11 is 0. The van der Waals surface area contributed by atoms with Gasteiger partial charge in [0.05, 0.1) is 12.3 Å². The molecule has 1 unspecified atom stereocenters. The van der Waals surface area contributed by atoms with Crippen molar-refractivity contribution in [3.8, 4) is 0 Å². The second-order valence-corrected chi connectivity index (χ2v) is 3.37. The van der Waals surface area contributed by atoms with Gasteiger partial charge in [-0.15, -0.1) is 0 Å². The summed E-state index contributed by atoms with van der Waals surface area (Å²) in [7, 11) is 0. The lowest BCUT2D eigenvalue weighted by molar-refractivity contribution is -0.131. The van der Waals surface area contributed by atoms with Crippen molar-refractivity contribution in [1.82, 2.24) is 10.6 Å².